The van der Waals surface area contributed by atoms with Crippen molar-refractivity contribution >= 4 is 29.1 Å². The van der Waals surface area contributed by atoms with Crippen LogP contribution in [0.25, 0.3) is 4.85 Å². The van der Waals surface area contributed by atoms with Crippen LogP contribution in [0.4, 0.5) is 15.8 Å². The SMILES string of the molecule is [C-]#[N+]c1ccc(N2CCN(Cc3ccc(COc4cccc5c4CN([C@H]4CCC(=O)NC4=O)C5=O)cc3)CC2)c(F)c1. The molecule has 1 atom stereocenters. The predicted octanol–water partition coefficient (Wildman–Crippen LogP) is 4.04. The van der Waals surface area contributed by atoms with Crippen molar-refractivity contribution in [3.63, 3.8) is 0 Å². The van der Waals surface area contributed by atoms with Gasteiger partial charge in [-0.1, -0.05) is 36.4 Å². The molecule has 214 valence electrons. The number of nitrogens with one attached hydrogen (secondary N) is 1. The second kappa shape index (κ2) is 11.6. The molecular weight excluding hydrogens is 537 g/mol. The predicted molar refractivity (Wildman–Crippen MR) is 153 cm³/mol. The average Bonchev–Trinajstić information content (AvgIpc) is 3.33. The lowest BCUT2D eigenvalue weighted by Crippen LogP contribution is -2.52. The molecular formula is C32H30FN5O4. The molecule has 6 rings (SSSR count). The number of fused-ring (bicyclic) bond motifs is 1. The number of piperidine rings is 1. The van der Waals surface area contributed by atoms with E-state index in [1.54, 1.807) is 24.3 Å². The third kappa shape index (κ3) is 5.56. The van der Waals surface area contributed by atoms with Crippen molar-refractivity contribution in [2.75, 3.05) is 31.1 Å². The maximum absolute atomic E-state index is 14.4. The number of ether oxygens (including phenoxy) is 1. The van der Waals surface area contributed by atoms with Crippen LogP contribution < -0.4 is 15.0 Å². The number of halogens is 1. The van der Waals surface area contributed by atoms with Crippen molar-refractivity contribution < 1.29 is 23.5 Å². The summed E-state index contributed by atoms with van der Waals surface area (Å²) >= 11 is 0. The van der Waals surface area contributed by atoms with Crippen molar-refractivity contribution in [2.45, 2.75) is 38.6 Å². The van der Waals surface area contributed by atoms with Gasteiger partial charge >= 0.3 is 0 Å². The van der Waals surface area contributed by atoms with Gasteiger partial charge in [-0.25, -0.2) is 9.24 Å². The standard InChI is InChI=1S/C32H30FN5O4/c1-34-23-9-10-27(26(33)17-23)37-15-13-36(14-16-37)18-21-5-7-22(8-6-21)20-42-29-4-2-3-24-25(29)19-38(32(24)41)28-11-12-30(39)35-31(28)40/h2-10,17,28H,11-16,18-20H2,(H,35,39,40)/t28-/m0/s1. The van der Waals surface area contributed by atoms with E-state index in [0.717, 1.165) is 30.8 Å². The summed E-state index contributed by atoms with van der Waals surface area (Å²) in [5.41, 5.74) is 4.30. The van der Waals surface area contributed by atoms with Gasteiger partial charge in [-0.05, 0) is 41.8 Å². The summed E-state index contributed by atoms with van der Waals surface area (Å²) in [7, 11) is 0. The lowest BCUT2D eigenvalue weighted by Gasteiger charge is -2.36. The molecule has 2 fully saturated rings. The molecule has 42 heavy (non-hydrogen) atoms. The molecule has 3 aromatic carbocycles. The number of carbonyl (C=O) groups is 3. The van der Waals surface area contributed by atoms with Gasteiger partial charge < -0.3 is 14.5 Å². The van der Waals surface area contributed by atoms with Crippen LogP contribution in [-0.4, -0.2) is 59.7 Å². The summed E-state index contributed by atoms with van der Waals surface area (Å²) in [6.45, 7) is 11.5. The van der Waals surface area contributed by atoms with Gasteiger partial charge in [0.2, 0.25) is 11.8 Å². The summed E-state index contributed by atoms with van der Waals surface area (Å²) in [6.07, 6.45) is 0.532. The highest BCUT2D eigenvalue weighted by Crippen LogP contribution is 2.34. The highest BCUT2D eigenvalue weighted by Gasteiger charge is 2.40. The van der Waals surface area contributed by atoms with Gasteiger partial charge in [0.05, 0.1) is 18.8 Å². The van der Waals surface area contributed by atoms with Gasteiger partial charge in [0.25, 0.3) is 5.91 Å². The Kier molecular flexibility index (Phi) is 7.59. The number of anilines is 1. The molecule has 3 aromatic rings. The molecule has 3 amide bonds. The monoisotopic (exact) mass is 567 g/mol. The Morgan fingerprint density at radius 3 is 2.45 bits per heavy atom. The van der Waals surface area contributed by atoms with E-state index in [9.17, 15) is 18.8 Å². The van der Waals surface area contributed by atoms with Crippen molar-refractivity contribution in [2.24, 2.45) is 0 Å². The van der Waals surface area contributed by atoms with Crippen molar-refractivity contribution in [1.29, 1.82) is 0 Å². The first-order chi connectivity index (χ1) is 20.4. The minimum Gasteiger partial charge on any atom is -0.489 e. The molecule has 0 aliphatic carbocycles. The van der Waals surface area contributed by atoms with Gasteiger partial charge in [0, 0.05) is 50.3 Å². The summed E-state index contributed by atoms with van der Waals surface area (Å²) < 4.78 is 20.6. The van der Waals surface area contributed by atoms with Crippen LogP contribution >= 0.6 is 0 Å². The van der Waals surface area contributed by atoms with E-state index < -0.39 is 11.9 Å². The van der Waals surface area contributed by atoms with E-state index >= 15 is 0 Å². The fourth-order valence-electron chi connectivity index (χ4n) is 5.82. The van der Waals surface area contributed by atoms with E-state index in [4.69, 9.17) is 11.3 Å². The second-order valence-corrected chi connectivity index (χ2v) is 10.8. The number of hydrogen-bond donors (Lipinski definition) is 1. The minimum atomic E-state index is -0.663. The van der Waals surface area contributed by atoms with Crippen LogP contribution in [0.2, 0.25) is 0 Å². The number of hydrogen-bond acceptors (Lipinski definition) is 6. The van der Waals surface area contributed by atoms with Crippen LogP contribution in [0.1, 0.15) is 39.9 Å². The average molecular weight is 568 g/mol. The molecule has 3 heterocycles. The van der Waals surface area contributed by atoms with Gasteiger partial charge in [-0.15, -0.1) is 0 Å². The van der Waals surface area contributed by atoms with Crippen molar-refractivity contribution in [1.82, 2.24) is 15.1 Å². The number of benzene rings is 3. The van der Waals surface area contributed by atoms with E-state index in [1.165, 1.54) is 16.5 Å². The number of imide groups is 1. The van der Waals surface area contributed by atoms with Gasteiger partial charge in [-0.2, -0.15) is 0 Å². The number of piperazine rings is 1. The Labute approximate surface area is 243 Å². The van der Waals surface area contributed by atoms with Gasteiger partial charge in [0.15, 0.2) is 5.69 Å². The van der Waals surface area contributed by atoms with E-state index in [0.29, 0.717) is 48.8 Å². The van der Waals surface area contributed by atoms with Gasteiger partial charge in [0.1, 0.15) is 24.2 Å². The number of carbonyl (C=O) groups excluding carboxylic acids is 3. The van der Waals surface area contributed by atoms with E-state index in [-0.39, 0.29) is 30.6 Å². The molecule has 0 spiro atoms. The Bertz CT molecular complexity index is 1580. The third-order valence-corrected chi connectivity index (χ3v) is 8.14. The zero-order chi connectivity index (χ0) is 29.2. The van der Waals surface area contributed by atoms with Crippen LogP contribution in [0.15, 0.2) is 60.7 Å². The van der Waals surface area contributed by atoms with E-state index in [1.807, 2.05) is 23.1 Å². The van der Waals surface area contributed by atoms with Crippen LogP contribution in [0.3, 0.4) is 0 Å². The molecule has 10 heteroatoms. The van der Waals surface area contributed by atoms with Crippen LogP contribution in [0, 0.1) is 12.4 Å². The number of nitrogens with zero attached hydrogens (tertiary/aromatic N) is 4. The summed E-state index contributed by atoms with van der Waals surface area (Å²) in [4.78, 5) is 46.1. The van der Waals surface area contributed by atoms with Gasteiger partial charge in [-0.3, -0.25) is 24.6 Å². The molecule has 1 N–H and O–H groups in total. The van der Waals surface area contributed by atoms with Crippen molar-refractivity contribution in [3.8, 4) is 5.75 Å². The highest BCUT2D eigenvalue weighted by molar-refractivity contribution is 6.05. The summed E-state index contributed by atoms with van der Waals surface area (Å²) in [6, 6.07) is 17.6. The first kappa shape index (κ1) is 27.4. The fraction of sp³-hybridized carbons (Fsp3) is 0.312. The highest BCUT2D eigenvalue weighted by atomic mass is 19.1. The Balaban J connectivity index is 1.02. The maximum atomic E-state index is 14.4. The molecule has 0 bridgehead atoms. The normalized spacial score (nSPS) is 19.0. The molecule has 3 aliphatic rings. The largest absolute Gasteiger partial charge is 0.489 e. The Morgan fingerprint density at radius 2 is 1.74 bits per heavy atom. The topological polar surface area (TPSA) is 86.6 Å². The smallest absolute Gasteiger partial charge is 0.255 e. The zero-order valence-electron chi connectivity index (χ0n) is 23.0. The molecule has 3 aliphatic heterocycles. The van der Waals surface area contributed by atoms with Crippen LogP contribution in [-0.2, 0) is 29.3 Å². The molecule has 0 radical (unpaired) electrons. The van der Waals surface area contributed by atoms with Crippen LogP contribution in [0.5, 0.6) is 5.75 Å². The fourth-order valence-corrected chi connectivity index (χ4v) is 5.82. The Hall–Kier alpha value is -4.75. The zero-order valence-corrected chi connectivity index (χ0v) is 23.0. The minimum absolute atomic E-state index is 0.214. The molecule has 9 nitrogen and oxygen atoms in total. The lowest BCUT2D eigenvalue weighted by atomic mass is 10.0. The quantitative estimate of drug-likeness (QED) is 0.343. The second-order valence-electron chi connectivity index (χ2n) is 10.8. The molecule has 0 unspecified atom stereocenters. The maximum Gasteiger partial charge on any atom is 0.255 e. The molecule has 2 saturated heterocycles. The number of amides is 3. The third-order valence-electron chi connectivity index (χ3n) is 8.14. The van der Waals surface area contributed by atoms with E-state index in [2.05, 4.69) is 27.2 Å². The first-order valence-electron chi connectivity index (χ1n) is 14.0. The summed E-state index contributed by atoms with van der Waals surface area (Å²) in [5.74, 6) is -0.711. The summed E-state index contributed by atoms with van der Waals surface area (Å²) in [5, 5.41) is 2.33. The molecule has 0 aromatic heterocycles. The lowest BCUT2D eigenvalue weighted by molar-refractivity contribution is -0.136. The first-order valence-corrected chi connectivity index (χ1v) is 14.0. The molecule has 0 saturated carbocycles. The Morgan fingerprint density at radius 1 is 0.976 bits per heavy atom. The number of rotatable bonds is 7. The van der Waals surface area contributed by atoms with Crippen molar-refractivity contribution in [3.05, 3.63) is 100 Å².